The number of hydrogen-bond acceptors (Lipinski definition) is 4. The highest BCUT2D eigenvalue weighted by molar-refractivity contribution is 6.11. The van der Waals surface area contributed by atoms with Crippen molar-refractivity contribution in [3.63, 3.8) is 0 Å². The first kappa shape index (κ1) is 20.8. The first-order chi connectivity index (χ1) is 39.5. The maximum absolute atomic E-state index is 9.90. The van der Waals surface area contributed by atoms with Crippen molar-refractivity contribution in [3.05, 3.63) is 212 Å². The van der Waals surface area contributed by atoms with Crippen LogP contribution in [-0.2, 0) is 0 Å². The van der Waals surface area contributed by atoms with Crippen LogP contribution in [0.25, 0.3) is 122 Å². The number of rotatable bonds is 6. The van der Waals surface area contributed by atoms with E-state index >= 15 is 0 Å². The Morgan fingerprint density at radius 2 is 0.952 bits per heavy atom. The molecule has 0 N–H and O–H groups in total. The molecule has 0 radical (unpaired) electrons. The van der Waals surface area contributed by atoms with Gasteiger partial charge in [0, 0.05) is 43.4 Å². The number of aromatic nitrogens is 5. The molecule has 9 aromatic carbocycles. The van der Waals surface area contributed by atoms with Crippen molar-refractivity contribution in [1.82, 2.24) is 24.1 Å². The zero-order valence-electron chi connectivity index (χ0n) is 52.3. The number of furan rings is 1. The predicted octanol–water partition coefficient (Wildman–Crippen LogP) is 14.6. The zero-order valence-corrected chi connectivity index (χ0v) is 32.3. The third-order valence-corrected chi connectivity index (χ3v) is 11.0. The van der Waals surface area contributed by atoms with Crippen LogP contribution in [0.5, 0.6) is 0 Å². The Bertz CT molecular complexity index is 5010. The maximum atomic E-state index is 9.90. The van der Waals surface area contributed by atoms with Gasteiger partial charge >= 0.3 is 0 Å². The Morgan fingerprint density at radius 1 is 0.381 bits per heavy atom. The van der Waals surface area contributed by atoms with E-state index in [1.807, 2.05) is 66.7 Å². The van der Waals surface area contributed by atoms with Gasteiger partial charge in [-0.1, -0.05) is 176 Å². The first-order valence-corrected chi connectivity index (χ1v) is 19.6. The first-order valence-electron chi connectivity index (χ1n) is 29.6. The summed E-state index contributed by atoms with van der Waals surface area (Å²) in [4.78, 5) is 14.5. The lowest BCUT2D eigenvalue weighted by Gasteiger charge is -2.13. The van der Waals surface area contributed by atoms with Crippen LogP contribution >= 0.6 is 0 Å². The van der Waals surface area contributed by atoms with Crippen LogP contribution in [0.2, 0.25) is 0 Å². The fourth-order valence-corrected chi connectivity index (χ4v) is 8.17. The van der Waals surface area contributed by atoms with E-state index in [0.717, 1.165) is 42.2 Å². The van der Waals surface area contributed by atoms with E-state index in [9.17, 15) is 9.60 Å². The Labute approximate surface area is 389 Å². The topological polar surface area (TPSA) is 61.7 Å². The molecule has 0 saturated heterocycles. The lowest BCUT2D eigenvalue weighted by atomic mass is 9.97. The molecule has 0 atom stereocenters. The predicted molar refractivity (Wildman–Crippen MR) is 258 cm³/mol. The number of fused-ring (bicyclic) bond motifs is 9. The molecule has 0 amide bonds. The molecular formula is C57H35N5O. The molecule has 0 bridgehead atoms. The summed E-state index contributed by atoms with van der Waals surface area (Å²) in [6.45, 7) is 0. The van der Waals surface area contributed by atoms with Crippen LogP contribution in [0.1, 0.15) is 27.4 Å². The van der Waals surface area contributed by atoms with Crippen LogP contribution in [0.4, 0.5) is 0 Å². The molecule has 0 aliphatic carbocycles. The molecule has 0 aliphatic heterocycles. The van der Waals surface area contributed by atoms with Gasteiger partial charge in [0.2, 0.25) is 11.9 Å². The van der Waals surface area contributed by atoms with Crippen molar-refractivity contribution in [3.8, 4) is 56.7 Å². The molecular weight excluding hydrogens is 771 g/mol. The third-order valence-electron chi connectivity index (χ3n) is 11.0. The van der Waals surface area contributed by atoms with Crippen molar-refractivity contribution in [2.45, 2.75) is 0 Å². The average Bonchev–Trinajstić information content (AvgIpc) is 3.07. The van der Waals surface area contributed by atoms with Crippen LogP contribution in [0.15, 0.2) is 216 Å². The summed E-state index contributed by atoms with van der Waals surface area (Å²) in [5.41, 5.74) is 1.87. The second-order valence-electron chi connectivity index (χ2n) is 14.5. The Hall–Kier alpha value is -8.61. The largest absolute Gasteiger partial charge is 0.455 e. The van der Waals surface area contributed by atoms with Gasteiger partial charge in [0.25, 0.3) is 0 Å². The standard InChI is InChI=1S/C57H35N5O/c1-2-14-36(15-3-1)40-32-33-46-45-20-6-10-26-51(45)62(52(46)35-40)57-59-55(58-56(60-57)61-49-24-8-4-18-43(49)44-19-5-9-25-50(44)61)38-30-28-37(29-31-38)39-16-12-17-41(34-39)42-22-13-23-48-47-21-7-11-27-53(47)63-54(42)48/h1-35H/i1D,2D,3D,4D,5D,6D,8D,9D,10D,14D,15D,18D,19D,20D,24D,25D,26D,32D,33D,35D. The van der Waals surface area contributed by atoms with Crippen LogP contribution in [-0.4, -0.2) is 24.1 Å². The summed E-state index contributed by atoms with van der Waals surface area (Å²) < 4.78 is 188. The Morgan fingerprint density at radius 3 is 1.67 bits per heavy atom. The maximum Gasteiger partial charge on any atom is 0.240 e. The highest BCUT2D eigenvalue weighted by Gasteiger charge is 2.21. The molecule has 0 unspecified atom stereocenters. The normalized spacial score (nSPS) is 16.3. The molecule has 4 aromatic heterocycles. The third kappa shape index (κ3) is 5.62. The molecule has 0 saturated carbocycles. The second kappa shape index (κ2) is 14.0. The SMILES string of the molecule is [2H]c1c([2H])c([2H])c(-c2c([2H])c([2H])c3c4c([2H])c([2H])c([2H])c([2H])c4n(-c4nc(-c5ccc(-c6cccc(-c7cccc8c7oc7ccccc78)c6)cc5)nc(-n5c6c([2H])c([2H])c([2H])c([2H])c6c6c([2H])c([2H])c([2H])c([2H])c65)n4)c3c2[2H])c([2H])c1[2H]. The summed E-state index contributed by atoms with van der Waals surface area (Å²) in [7, 11) is 0. The highest BCUT2D eigenvalue weighted by Crippen LogP contribution is 2.39. The average molecular weight is 826 g/mol. The van der Waals surface area contributed by atoms with Crippen LogP contribution < -0.4 is 0 Å². The van der Waals surface area contributed by atoms with E-state index in [1.54, 1.807) is 24.3 Å². The van der Waals surface area contributed by atoms with Gasteiger partial charge in [0.1, 0.15) is 11.2 Å². The summed E-state index contributed by atoms with van der Waals surface area (Å²) >= 11 is 0. The number of benzene rings is 9. The van der Waals surface area contributed by atoms with Crippen molar-refractivity contribution in [1.29, 1.82) is 0 Å². The van der Waals surface area contributed by atoms with Crippen LogP contribution in [0.3, 0.4) is 0 Å². The van der Waals surface area contributed by atoms with Gasteiger partial charge < -0.3 is 4.42 Å². The minimum absolute atomic E-state index is 0.231. The van der Waals surface area contributed by atoms with Gasteiger partial charge in [0.15, 0.2) is 5.82 Å². The molecule has 0 fully saturated rings. The van der Waals surface area contributed by atoms with Crippen molar-refractivity contribution < 1.29 is 31.8 Å². The van der Waals surface area contributed by atoms with Crippen molar-refractivity contribution in [2.75, 3.05) is 0 Å². The molecule has 6 nitrogen and oxygen atoms in total. The van der Waals surface area contributed by atoms with Crippen LogP contribution in [0, 0.1) is 0 Å². The molecule has 4 heterocycles. The van der Waals surface area contributed by atoms with Gasteiger partial charge in [-0.15, -0.1) is 0 Å². The van der Waals surface area contributed by atoms with E-state index in [2.05, 4.69) is 0 Å². The van der Waals surface area contributed by atoms with Crippen molar-refractivity contribution >= 4 is 65.6 Å². The summed E-state index contributed by atoms with van der Waals surface area (Å²) in [5, 5.41) is 0.462. The molecule has 13 rings (SSSR count). The zero-order chi connectivity index (χ0) is 58.8. The lowest BCUT2D eigenvalue weighted by molar-refractivity contribution is 0.670. The molecule has 13 aromatic rings. The van der Waals surface area contributed by atoms with Gasteiger partial charge in [-0.3, -0.25) is 9.13 Å². The number of nitrogens with zero attached hydrogens (tertiary/aromatic N) is 5. The smallest absolute Gasteiger partial charge is 0.240 e. The van der Waals surface area contributed by atoms with Gasteiger partial charge in [-0.25, -0.2) is 0 Å². The fourth-order valence-electron chi connectivity index (χ4n) is 8.17. The monoisotopic (exact) mass is 825 g/mol. The quantitative estimate of drug-likeness (QED) is 0.168. The minimum Gasteiger partial charge on any atom is -0.455 e. The Kier molecular flexibility index (Phi) is 4.61. The molecule has 0 spiro atoms. The summed E-state index contributed by atoms with van der Waals surface area (Å²) in [6.07, 6.45) is 0. The van der Waals surface area contributed by atoms with Gasteiger partial charge in [0.05, 0.1) is 49.5 Å². The van der Waals surface area contributed by atoms with E-state index < -0.39 is 177 Å². The lowest BCUT2D eigenvalue weighted by Crippen LogP contribution is -2.10. The second-order valence-corrected chi connectivity index (χ2v) is 14.5. The van der Waals surface area contributed by atoms with E-state index in [1.165, 1.54) is 0 Å². The van der Waals surface area contributed by atoms with E-state index in [0.29, 0.717) is 11.1 Å². The Balaban J connectivity index is 1.13. The molecule has 63 heavy (non-hydrogen) atoms. The highest BCUT2D eigenvalue weighted by atomic mass is 16.3. The molecule has 0 aliphatic rings. The fraction of sp³-hybridized carbons (Fsp3) is 0. The van der Waals surface area contributed by atoms with E-state index in [-0.39, 0.29) is 22.2 Å². The molecule has 6 heteroatoms. The van der Waals surface area contributed by atoms with E-state index in [4.69, 9.17) is 37.2 Å². The summed E-state index contributed by atoms with van der Waals surface area (Å²) in [5.74, 6) is -1.40. The summed E-state index contributed by atoms with van der Waals surface area (Å²) in [6, 6.07) is 13.1. The van der Waals surface area contributed by atoms with Gasteiger partial charge in [-0.05, 0) is 64.1 Å². The molecule has 294 valence electrons. The minimum atomic E-state index is -0.826. The number of hydrogen-bond donors (Lipinski definition) is 0. The van der Waals surface area contributed by atoms with Gasteiger partial charge in [-0.2, -0.15) is 15.0 Å². The van der Waals surface area contributed by atoms with Crippen molar-refractivity contribution in [2.24, 2.45) is 0 Å². The number of para-hydroxylation sites is 5.